The van der Waals surface area contributed by atoms with Gasteiger partial charge in [-0.25, -0.2) is 8.42 Å². The number of aryl methyl sites for hydroxylation is 1. The maximum absolute atomic E-state index is 12.7. The largest absolute Gasteiger partial charge is 0.464 e. The molecule has 6 heteroatoms. The van der Waals surface area contributed by atoms with Crippen LogP contribution < -0.4 is 5.32 Å². The molecule has 1 heterocycles. The zero-order chi connectivity index (χ0) is 16.3. The van der Waals surface area contributed by atoms with Gasteiger partial charge >= 0.3 is 0 Å². The molecule has 0 aliphatic carbocycles. The Kier molecular flexibility index (Phi) is 6.01. The van der Waals surface area contributed by atoms with Gasteiger partial charge in [0.25, 0.3) is 0 Å². The number of rotatable bonds is 8. The van der Waals surface area contributed by atoms with E-state index in [1.165, 1.54) is 4.31 Å². The first kappa shape index (κ1) is 18.2. The van der Waals surface area contributed by atoms with Gasteiger partial charge in [0.05, 0.1) is 6.54 Å². The summed E-state index contributed by atoms with van der Waals surface area (Å²) in [5, 5.41) is 3.21. The molecule has 0 amide bonds. The minimum Gasteiger partial charge on any atom is -0.464 e. The quantitative estimate of drug-likeness (QED) is 0.749. The third-order valence-electron chi connectivity index (χ3n) is 4.01. The smallest absolute Gasteiger partial charge is 0.246 e. The fourth-order valence-corrected chi connectivity index (χ4v) is 3.71. The monoisotopic (exact) mass is 316 g/mol. The van der Waals surface area contributed by atoms with Gasteiger partial charge in [0.2, 0.25) is 10.0 Å². The summed E-state index contributed by atoms with van der Waals surface area (Å²) in [6.45, 7) is 11.0. The molecule has 1 rings (SSSR count). The van der Waals surface area contributed by atoms with Crippen LogP contribution in [-0.2, 0) is 16.6 Å². The summed E-state index contributed by atoms with van der Waals surface area (Å²) in [7, 11) is -1.91. The average molecular weight is 316 g/mol. The second kappa shape index (κ2) is 6.94. The lowest BCUT2D eigenvalue weighted by molar-refractivity contribution is 0.257. The SMILES string of the molecule is CCCNCc1cc(S(=O)(=O)N(C)C(C)(C)CC)c(C)o1. The molecular weight excluding hydrogens is 288 g/mol. The van der Waals surface area contributed by atoms with Crippen molar-refractivity contribution >= 4 is 10.0 Å². The Hall–Kier alpha value is -0.850. The lowest BCUT2D eigenvalue weighted by Crippen LogP contribution is -2.44. The van der Waals surface area contributed by atoms with E-state index in [1.54, 1.807) is 20.0 Å². The molecule has 1 aromatic heterocycles. The van der Waals surface area contributed by atoms with Crippen LogP contribution >= 0.6 is 0 Å². The van der Waals surface area contributed by atoms with Crippen LogP contribution in [0, 0.1) is 6.92 Å². The van der Waals surface area contributed by atoms with Crippen molar-refractivity contribution in [3.05, 3.63) is 17.6 Å². The maximum atomic E-state index is 12.7. The Balaban J connectivity index is 3.04. The molecular formula is C15H28N2O3S. The van der Waals surface area contributed by atoms with Gasteiger partial charge in [-0.05, 0) is 40.2 Å². The highest BCUT2D eigenvalue weighted by molar-refractivity contribution is 7.89. The highest BCUT2D eigenvalue weighted by atomic mass is 32.2. The van der Waals surface area contributed by atoms with Crippen LogP contribution in [0.3, 0.4) is 0 Å². The molecule has 21 heavy (non-hydrogen) atoms. The first-order chi connectivity index (χ1) is 9.66. The lowest BCUT2D eigenvalue weighted by Gasteiger charge is -2.33. The van der Waals surface area contributed by atoms with Gasteiger partial charge < -0.3 is 9.73 Å². The highest BCUT2D eigenvalue weighted by Crippen LogP contribution is 2.28. The molecule has 0 saturated carbocycles. The number of nitrogens with one attached hydrogen (secondary N) is 1. The Morgan fingerprint density at radius 3 is 2.48 bits per heavy atom. The number of furan rings is 1. The van der Waals surface area contributed by atoms with Gasteiger partial charge in [0, 0.05) is 18.7 Å². The van der Waals surface area contributed by atoms with Crippen LogP contribution in [-0.4, -0.2) is 31.9 Å². The molecule has 0 radical (unpaired) electrons. The van der Waals surface area contributed by atoms with Crippen molar-refractivity contribution in [1.29, 1.82) is 0 Å². The van der Waals surface area contributed by atoms with E-state index >= 15 is 0 Å². The van der Waals surface area contributed by atoms with E-state index in [0.717, 1.165) is 19.4 Å². The molecule has 0 bridgehead atoms. The molecule has 122 valence electrons. The molecule has 0 atom stereocenters. The van der Waals surface area contributed by atoms with Crippen LogP contribution in [0.2, 0.25) is 0 Å². The summed E-state index contributed by atoms with van der Waals surface area (Å²) in [5.74, 6) is 1.10. The number of sulfonamides is 1. The van der Waals surface area contributed by atoms with Gasteiger partial charge in [-0.3, -0.25) is 0 Å². The first-order valence-electron chi connectivity index (χ1n) is 7.45. The number of hydrogen-bond donors (Lipinski definition) is 1. The van der Waals surface area contributed by atoms with Crippen molar-refractivity contribution in [2.24, 2.45) is 0 Å². The third kappa shape index (κ3) is 4.08. The molecule has 0 spiro atoms. The average Bonchev–Trinajstić information content (AvgIpc) is 2.80. The van der Waals surface area contributed by atoms with Crippen LogP contribution in [0.15, 0.2) is 15.4 Å². The Morgan fingerprint density at radius 2 is 1.95 bits per heavy atom. The summed E-state index contributed by atoms with van der Waals surface area (Å²) in [5.41, 5.74) is -0.427. The van der Waals surface area contributed by atoms with Gasteiger partial charge in [-0.2, -0.15) is 4.31 Å². The summed E-state index contributed by atoms with van der Waals surface area (Å²) in [6, 6.07) is 1.63. The highest BCUT2D eigenvalue weighted by Gasteiger charge is 2.34. The molecule has 0 aliphatic heterocycles. The molecule has 0 aromatic carbocycles. The summed E-state index contributed by atoms with van der Waals surface area (Å²) in [6.07, 6.45) is 1.77. The predicted molar refractivity (Wildman–Crippen MR) is 84.8 cm³/mol. The fourth-order valence-electron chi connectivity index (χ4n) is 1.95. The summed E-state index contributed by atoms with van der Waals surface area (Å²) < 4.78 is 32.5. The van der Waals surface area contributed by atoms with Crippen LogP contribution in [0.5, 0.6) is 0 Å². The molecule has 0 saturated heterocycles. The van der Waals surface area contributed by atoms with Crippen LogP contribution in [0.4, 0.5) is 0 Å². The lowest BCUT2D eigenvalue weighted by atomic mass is 10.0. The van der Waals surface area contributed by atoms with Crippen molar-refractivity contribution in [2.75, 3.05) is 13.6 Å². The minimum atomic E-state index is -3.54. The van der Waals surface area contributed by atoms with E-state index in [4.69, 9.17) is 4.42 Å². The zero-order valence-corrected chi connectivity index (χ0v) is 14.8. The van der Waals surface area contributed by atoms with E-state index in [1.807, 2.05) is 20.8 Å². The van der Waals surface area contributed by atoms with Gasteiger partial charge in [0.1, 0.15) is 16.4 Å². The maximum Gasteiger partial charge on any atom is 0.246 e. The zero-order valence-electron chi connectivity index (χ0n) is 14.0. The second-order valence-corrected chi connectivity index (χ2v) is 7.89. The Morgan fingerprint density at radius 1 is 1.33 bits per heavy atom. The Labute approximate surface area is 128 Å². The normalized spacial score (nSPS) is 13.1. The van der Waals surface area contributed by atoms with Gasteiger partial charge in [-0.15, -0.1) is 0 Å². The van der Waals surface area contributed by atoms with Crippen molar-refractivity contribution in [2.45, 2.75) is 64.4 Å². The van der Waals surface area contributed by atoms with E-state index in [-0.39, 0.29) is 4.90 Å². The van der Waals surface area contributed by atoms with Gasteiger partial charge in [-0.1, -0.05) is 13.8 Å². The third-order valence-corrected chi connectivity index (χ3v) is 6.18. The molecule has 5 nitrogen and oxygen atoms in total. The molecule has 1 N–H and O–H groups in total. The van der Waals surface area contributed by atoms with E-state index < -0.39 is 15.6 Å². The molecule has 0 aliphatic rings. The molecule has 0 unspecified atom stereocenters. The van der Waals surface area contributed by atoms with E-state index in [0.29, 0.717) is 18.1 Å². The van der Waals surface area contributed by atoms with Crippen LogP contribution in [0.25, 0.3) is 0 Å². The molecule has 0 fully saturated rings. The standard InChI is InChI=1S/C15H28N2O3S/c1-7-9-16-11-13-10-14(12(3)20-13)21(18,19)17(6)15(4,5)8-2/h10,16H,7-9,11H2,1-6H3. The van der Waals surface area contributed by atoms with Crippen molar-refractivity contribution in [3.8, 4) is 0 Å². The minimum absolute atomic E-state index is 0.264. The first-order valence-corrected chi connectivity index (χ1v) is 8.89. The topological polar surface area (TPSA) is 62.6 Å². The van der Waals surface area contributed by atoms with Crippen LogP contribution in [0.1, 0.15) is 52.1 Å². The van der Waals surface area contributed by atoms with Crippen molar-refractivity contribution < 1.29 is 12.8 Å². The van der Waals surface area contributed by atoms with Crippen molar-refractivity contribution in [1.82, 2.24) is 9.62 Å². The predicted octanol–water partition coefficient (Wildman–Crippen LogP) is 2.90. The van der Waals surface area contributed by atoms with E-state index in [9.17, 15) is 8.42 Å². The summed E-state index contributed by atoms with van der Waals surface area (Å²) >= 11 is 0. The van der Waals surface area contributed by atoms with Crippen molar-refractivity contribution in [3.63, 3.8) is 0 Å². The number of hydrogen-bond acceptors (Lipinski definition) is 4. The number of nitrogens with zero attached hydrogens (tertiary/aromatic N) is 1. The molecule has 1 aromatic rings. The Bertz CT molecular complexity index is 561. The fraction of sp³-hybridized carbons (Fsp3) is 0.733. The summed E-state index contributed by atoms with van der Waals surface area (Å²) in [4.78, 5) is 0.264. The van der Waals surface area contributed by atoms with E-state index in [2.05, 4.69) is 12.2 Å². The van der Waals surface area contributed by atoms with Gasteiger partial charge in [0.15, 0.2) is 0 Å². The second-order valence-electron chi connectivity index (χ2n) is 5.95.